The van der Waals surface area contributed by atoms with Gasteiger partial charge < -0.3 is 5.32 Å². The Balaban J connectivity index is 1.56. The molecule has 2 heteroatoms. The molecule has 4 fully saturated rings. The summed E-state index contributed by atoms with van der Waals surface area (Å²) >= 11 is 0. The molecule has 0 atom stereocenters. The summed E-state index contributed by atoms with van der Waals surface area (Å²) in [7, 11) is 0. The fourth-order valence-electron chi connectivity index (χ4n) is 5.38. The van der Waals surface area contributed by atoms with E-state index in [1.165, 1.54) is 24.8 Å². The van der Waals surface area contributed by atoms with Gasteiger partial charge in [0.25, 0.3) is 0 Å². The number of aryl methyl sites for hydroxylation is 1. The third-order valence-corrected chi connectivity index (χ3v) is 5.80. The van der Waals surface area contributed by atoms with Crippen LogP contribution < -0.4 is 5.32 Å². The molecule has 0 spiro atoms. The van der Waals surface area contributed by atoms with Crippen molar-refractivity contribution < 1.29 is 4.79 Å². The van der Waals surface area contributed by atoms with Crippen molar-refractivity contribution in [3.05, 3.63) is 29.8 Å². The standard InChI is InChI=1S/C18H23NO/c1-12-3-2-4-16(5-12)19-17(20)18-9-13-6-14(10-18)8-15(7-13)11-18/h2-5,13-15H,6-11H2,1H3,(H,19,20). The van der Waals surface area contributed by atoms with Crippen molar-refractivity contribution in [1.82, 2.24) is 0 Å². The van der Waals surface area contributed by atoms with E-state index in [9.17, 15) is 4.79 Å². The zero-order valence-electron chi connectivity index (χ0n) is 12.2. The van der Waals surface area contributed by atoms with Crippen LogP contribution in [0.3, 0.4) is 0 Å². The molecule has 4 aliphatic rings. The van der Waals surface area contributed by atoms with Gasteiger partial charge in [-0.15, -0.1) is 0 Å². The van der Waals surface area contributed by atoms with E-state index in [1.807, 2.05) is 12.1 Å². The van der Waals surface area contributed by atoms with E-state index in [-0.39, 0.29) is 5.41 Å². The first-order valence-corrected chi connectivity index (χ1v) is 8.01. The highest BCUT2D eigenvalue weighted by Gasteiger charge is 2.54. The number of anilines is 1. The number of hydrogen-bond acceptors (Lipinski definition) is 1. The number of carbonyl (C=O) groups excluding carboxylic acids is 1. The summed E-state index contributed by atoms with van der Waals surface area (Å²) < 4.78 is 0. The largest absolute Gasteiger partial charge is 0.326 e. The maximum atomic E-state index is 12.9. The molecule has 2 nitrogen and oxygen atoms in total. The lowest BCUT2D eigenvalue weighted by Crippen LogP contribution is -2.51. The van der Waals surface area contributed by atoms with Gasteiger partial charge in [0.2, 0.25) is 5.91 Å². The van der Waals surface area contributed by atoms with Gasteiger partial charge in [-0.2, -0.15) is 0 Å². The maximum absolute atomic E-state index is 12.9. The molecule has 1 N–H and O–H groups in total. The molecule has 0 aromatic heterocycles. The number of hydrogen-bond donors (Lipinski definition) is 1. The van der Waals surface area contributed by atoms with Crippen molar-refractivity contribution in [3.63, 3.8) is 0 Å². The fraction of sp³-hybridized carbons (Fsp3) is 0.611. The second-order valence-corrected chi connectivity index (χ2v) is 7.52. The van der Waals surface area contributed by atoms with Crippen molar-refractivity contribution in [3.8, 4) is 0 Å². The summed E-state index contributed by atoms with van der Waals surface area (Å²) in [4.78, 5) is 12.9. The Kier molecular flexibility index (Phi) is 2.70. The molecule has 1 amide bonds. The van der Waals surface area contributed by atoms with E-state index < -0.39 is 0 Å². The lowest BCUT2D eigenvalue weighted by molar-refractivity contribution is -0.140. The highest BCUT2D eigenvalue weighted by molar-refractivity contribution is 5.95. The summed E-state index contributed by atoms with van der Waals surface area (Å²) in [6.07, 6.45) is 7.56. The maximum Gasteiger partial charge on any atom is 0.230 e. The zero-order chi connectivity index (χ0) is 13.7. The van der Waals surface area contributed by atoms with Gasteiger partial charge >= 0.3 is 0 Å². The van der Waals surface area contributed by atoms with Crippen molar-refractivity contribution in [2.75, 3.05) is 5.32 Å². The number of rotatable bonds is 2. The van der Waals surface area contributed by atoms with Gasteiger partial charge in [-0.05, 0) is 80.9 Å². The van der Waals surface area contributed by atoms with Crippen LogP contribution in [0.5, 0.6) is 0 Å². The first-order chi connectivity index (χ1) is 9.63. The molecule has 0 unspecified atom stereocenters. The van der Waals surface area contributed by atoms with Gasteiger partial charge in [0.1, 0.15) is 0 Å². The molecular weight excluding hydrogens is 246 g/mol. The predicted octanol–water partition coefficient (Wildman–Crippen LogP) is 4.15. The first-order valence-electron chi connectivity index (χ1n) is 8.01. The average Bonchev–Trinajstić information content (AvgIpc) is 2.37. The number of nitrogens with one attached hydrogen (secondary N) is 1. The molecule has 4 bridgehead atoms. The SMILES string of the molecule is Cc1cccc(NC(=O)C23CC4CC(CC(C4)C2)C3)c1. The smallest absolute Gasteiger partial charge is 0.230 e. The van der Waals surface area contributed by atoms with Gasteiger partial charge in [-0.1, -0.05) is 12.1 Å². The van der Waals surface area contributed by atoms with Crippen molar-refractivity contribution in [2.24, 2.45) is 23.2 Å². The van der Waals surface area contributed by atoms with Crippen molar-refractivity contribution in [1.29, 1.82) is 0 Å². The minimum Gasteiger partial charge on any atom is -0.326 e. The van der Waals surface area contributed by atoms with Gasteiger partial charge in [0.05, 0.1) is 5.41 Å². The minimum absolute atomic E-state index is 0.0432. The molecule has 0 radical (unpaired) electrons. The van der Waals surface area contributed by atoms with Gasteiger partial charge in [-0.3, -0.25) is 4.79 Å². The molecule has 0 heterocycles. The van der Waals surface area contributed by atoms with Gasteiger partial charge in [-0.25, -0.2) is 0 Å². The monoisotopic (exact) mass is 269 g/mol. The summed E-state index contributed by atoms with van der Waals surface area (Å²) in [6.45, 7) is 2.07. The lowest BCUT2D eigenvalue weighted by Gasteiger charge is -2.55. The quantitative estimate of drug-likeness (QED) is 0.858. The Morgan fingerprint density at radius 3 is 2.25 bits per heavy atom. The fourth-order valence-corrected chi connectivity index (χ4v) is 5.38. The molecular formula is C18H23NO. The van der Waals surface area contributed by atoms with Crippen LogP contribution in [0.4, 0.5) is 5.69 Å². The number of amides is 1. The molecule has 1 aromatic rings. The van der Waals surface area contributed by atoms with E-state index in [4.69, 9.17) is 0 Å². The number of carbonyl (C=O) groups is 1. The molecule has 4 aliphatic carbocycles. The molecule has 20 heavy (non-hydrogen) atoms. The van der Waals surface area contributed by atoms with Gasteiger partial charge in [0.15, 0.2) is 0 Å². The van der Waals surface area contributed by atoms with Crippen LogP contribution >= 0.6 is 0 Å². The molecule has 0 aliphatic heterocycles. The lowest BCUT2D eigenvalue weighted by atomic mass is 9.49. The topological polar surface area (TPSA) is 29.1 Å². The average molecular weight is 269 g/mol. The third-order valence-electron chi connectivity index (χ3n) is 5.80. The second kappa shape index (κ2) is 4.34. The highest BCUT2D eigenvalue weighted by atomic mass is 16.2. The van der Waals surface area contributed by atoms with Crippen LogP contribution in [-0.2, 0) is 4.79 Å². The van der Waals surface area contributed by atoms with Crippen LogP contribution in [0.1, 0.15) is 44.1 Å². The second-order valence-electron chi connectivity index (χ2n) is 7.52. The Bertz CT molecular complexity index is 513. The summed E-state index contributed by atoms with van der Waals surface area (Å²) in [5, 5.41) is 3.20. The molecule has 4 saturated carbocycles. The first kappa shape index (κ1) is 12.4. The minimum atomic E-state index is -0.0432. The van der Waals surface area contributed by atoms with E-state index in [2.05, 4.69) is 24.4 Å². The Morgan fingerprint density at radius 1 is 1.10 bits per heavy atom. The Labute approximate surface area is 121 Å². The summed E-state index contributed by atoms with van der Waals surface area (Å²) in [5.41, 5.74) is 2.12. The van der Waals surface area contributed by atoms with E-state index in [0.717, 1.165) is 42.7 Å². The van der Waals surface area contributed by atoms with Crippen LogP contribution in [0.25, 0.3) is 0 Å². The van der Waals surface area contributed by atoms with Crippen molar-refractivity contribution in [2.45, 2.75) is 45.4 Å². The third kappa shape index (κ3) is 1.97. The predicted molar refractivity (Wildman–Crippen MR) is 80.4 cm³/mol. The Hall–Kier alpha value is -1.31. The van der Waals surface area contributed by atoms with E-state index in [1.54, 1.807) is 0 Å². The van der Waals surface area contributed by atoms with Crippen LogP contribution in [-0.4, -0.2) is 5.91 Å². The highest BCUT2D eigenvalue weighted by Crippen LogP contribution is 2.60. The van der Waals surface area contributed by atoms with Crippen LogP contribution in [0.15, 0.2) is 24.3 Å². The van der Waals surface area contributed by atoms with Crippen LogP contribution in [0, 0.1) is 30.1 Å². The van der Waals surface area contributed by atoms with Gasteiger partial charge in [0, 0.05) is 5.69 Å². The molecule has 106 valence electrons. The summed E-state index contributed by atoms with van der Waals surface area (Å²) in [5.74, 6) is 2.76. The normalized spacial score (nSPS) is 38.0. The van der Waals surface area contributed by atoms with Crippen molar-refractivity contribution >= 4 is 11.6 Å². The summed E-state index contributed by atoms with van der Waals surface area (Å²) in [6, 6.07) is 8.16. The molecule has 0 saturated heterocycles. The molecule has 1 aromatic carbocycles. The molecule has 5 rings (SSSR count). The Morgan fingerprint density at radius 2 is 1.70 bits per heavy atom. The van der Waals surface area contributed by atoms with E-state index >= 15 is 0 Å². The zero-order valence-corrected chi connectivity index (χ0v) is 12.2. The van der Waals surface area contributed by atoms with E-state index in [0.29, 0.717) is 5.91 Å². The number of benzene rings is 1. The van der Waals surface area contributed by atoms with Crippen LogP contribution in [0.2, 0.25) is 0 Å².